The molecule has 1 aromatic carbocycles. The van der Waals surface area contributed by atoms with Crippen molar-refractivity contribution >= 4 is 39.2 Å². The van der Waals surface area contributed by atoms with Crippen molar-refractivity contribution in [3.8, 4) is 5.69 Å². The Morgan fingerprint density at radius 3 is 2.47 bits per heavy atom. The lowest BCUT2D eigenvalue weighted by atomic mass is 10.3. The molecule has 0 atom stereocenters. The third kappa shape index (κ3) is 2.16. The molecule has 0 aliphatic heterocycles. The number of rotatable bonds is 2. The third-order valence-corrected chi connectivity index (χ3v) is 3.08. The molecule has 17 heavy (non-hydrogen) atoms. The number of benzene rings is 1. The zero-order chi connectivity index (χ0) is 12.6. The van der Waals surface area contributed by atoms with Crippen LogP contribution in [0.25, 0.3) is 5.69 Å². The maximum Gasteiger partial charge on any atom is 0.355 e. The highest BCUT2D eigenvalue weighted by atomic mass is 79.9. The number of aromatic nitrogens is 1. The number of nitrogens with zero attached hydrogens (tertiary/aromatic N) is 1. The van der Waals surface area contributed by atoms with E-state index in [-0.39, 0.29) is 16.5 Å². The highest BCUT2D eigenvalue weighted by molar-refractivity contribution is 9.10. The fraction of sp³-hybridized carbons (Fsp3) is 0. The zero-order valence-corrected chi connectivity index (χ0v) is 10.9. The monoisotopic (exact) mass is 314 g/mol. The largest absolute Gasteiger partial charge is 0.476 e. The molecule has 0 saturated heterocycles. The molecule has 0 fully saturated rings. The number of carboxylic acid groups (broad SMARTS) is 1. The van der Waals surface area contributed by atoms with Crippen LogP contribution in [-0.2, 0) is 0 Å². The van der Waals surface area contributed by atoms with E-state index in [1.54, 1.807) is 24.3 Å². The van der Waals surface area contributed by atoms with Gasteiger partial charge in [-0.05, 0) is 30.3 Å². The van der Waals surface area contributed by atoms with Gasteiger partial charge in [-0.15, -0.1) is 0 Å². The van der Waals surface area contributed by atoms with Crippen LogP contribution in [0, 0.1) is 0 Å². The molecule has 0 aliphatic carbocycles. The molecule has 0 saturated carbocycles. The molecule has 6 heteroatoms. The van der Waals surface area contributed by atoms with Gasteiger partial charge in [-0.25, -0.2) is 4.79 Å². The van der Waals surface area contributed by atoms with E-state index in [2.05, 4.69) is 15.9 Å². The van der Waals surface area contributed by atoms with Gasteiger partial charge in [0.1, 0.15) is 5.15 Å². The molecule has 0 radical (unpaired) electrons. The number of halogens is 2. The lowest BCUT2D eigenvalue weighted by Gasteiger charge is -2.08. The van der Waals surface area contributed by atoms with Gasteiger partial charge in [0.15, 0.2) is 5.69 Å². The summed E-state index contributed by atoms with van der Waals surface area (Å²) in [4.78, 5) is 11.1. The number of carbonyl (C=O) groups is 1. The molecule has 88 valence electrons. The number of carboxylic acids is 1. The Bertz CT molecular complexity index is 578. The second-order valence-corrected chi connectivity index (χ2v) is 4.69. The number of hydrogen-bond acceptors (Lipinski definition) is 2. The molecular weight excluding hydrogens is 307 g/mol. The average molecular weight is 316 g/mol. The van der Waals surface area contributed by atoms with Crippen LogP contribution in [0.15, 0.2) is 34.8 Å². The SMILES string of the molecule is Nc1cc(Cl)n(-c2ccc(Br)cc2)c1C(=O)O. The van der Waals surface area contributed by atoms with Gasteiger partial charge in [-0.2, -0.15) is 0 Å². The van der Waals surface area contributed by atoms with E-state index in [0.29, 0.717) is 5.69 Å². The highest BCUT2D eigenvalue weighted by Crippen LogP contribution is 2.27. The Kier molecular flexibility index (Phi) is 3.13. The van der Waals surface area contributed by atoms with Gasteiger partial charge >= 0.3 is 5.97 Å². The molecule has 0 bridgehead atoms. The van der Waals surface area contributed by atoms with E-state index in [0.717, 1.165) is 4.47 Å². The van der Waals surface area contributed by atoms with E-state index in [1.165, 1.54) is 10.6 Å². The molecule has 0 amide bonds. The Labute approximate surface area is 111 Å². The summed E-state index contributed by atoms with van der Waals surface area (Å²) >= 11 is 9.28. The fourth-order valence-electron chi connectivity index (χ4n) is 1.56. The smallest absolute Gasteiger partial charge is 0.355 e. The van der Waals surface area contributed by atoms with E-state index < -0.39 is 5.97 Å². The summed E-state index contributed by atoms with van der Waals surface area (Å²) in [7, 11) is 0. The van der Waals surface area contributed by atoms with Gasteiger partial charge in [0, 0.05) is 10.2 Å². The zero-order valence-electron chi connectivity index (χ0n) is 8.52. The Morgan fingerprint density at radius 2 is 1.94 bits per heavy atom. The van der Waals surface area contributed by atoms with E-state index >= 15 is 0 Å². The summed E-state index contributed by atoms with van der Waals surface area (Å²) in [5, 5.41) is 9.37. The molecule has 3 N–H and O–H groups in total. The van der Waals surface area contributed by atoms with E-state index in [9.17, 15) is 4.79 Å². The first kappa shape index (κ1) is 12.0. The van der Waals surface area contributed by atoms with Gasteiger partial charge in [0.05, 0.1) is 5.69 Å². The lowest BCUT2D eigenvalue weighted by Crippen LogP contribution is -2.08. The number of nitrogens with two attached hydrogens (primary N) is 1. The molecule has 0 unspecified atom stereocenters. The first-order valence-corrected chi connectivity index (χ1v) is 5.83. The number of nitrogen functional groups attached to an aromatic ring is 1. The molecule has 4 nitrogen and oxygen atoms in total. The Morgan fingerprint density at radius 1 is 1.35 bits per heavy atom. The maximum atomic E-state index is 11.1. The van der Waals surface area contributed by atoms with Gasteiger partial charge in [-0.3, -0.25) is 4.57 Å². The quantitative estimate of drug-likeness (QED) is 0.894. The summed E-state index contributed by atoms with van der Waals surface area (Å²) < 4.78 is 2.29. The minimum Gasteiger partial charge on any atom is -0.476 e. The Hall–Kier alpha value is -1.46. The molecule has 1 heterocycles. The van der Waals surface area contributed by atoms with Crippen molar-refractivity contribution in [1.29, 1.82) is 0 Å². The Balaban J connectivity index is 2.66. The van der Waals surface area contributed by atoms with Crippen LogP contribution in [0.5, 0.6) is 0 Å². The molecule has 0 aliphatic rings. The maximum absolute atomic E-state index is 11.1. The average Bonchev–Trinajstić information content (AvgIpc) is 2.55. The summed E-state index contributed by atoms with van der Waals surface area (Å²) in [5.74, 6) is -1.11. The third-order valence-electron chi connectivity index (χ3n) is 2.27. The van der Waals surface area contributed by atoms with Crippen LogP contribution in [0.1, 0.15) is 10.5 Å². The minimum absolute atomic E-state index is 0.0303. The summed E-state index contributed by atoms with van der Waals surface area (Å²) in [6.07, 6.45) is 0. The first-order valence-electron chi connectivity index (χ1n) is 4.66. The van der Waals surface area contributed by atoms with Crippen molar-refractivity contribution in [2.75, 3.05) is 5.73 Å². The van der Waals surface area contributed by atoms with Crippen molar-refractivity contribution < 1.29 is 9.90 Å². The first-order chi connectivity index (χ1) is 8.00. The van der Waals surface area contributed by atoms with Crippen molar-refractivity contribution in [2.45, 2.75) is 0 Å². The van der Waals surface area contributed by atoms with Crippen LogP contribution in [0.2, 0.25) is 5.15 Å². The van der Waals surface area contributed by atoms with Gasteiger partial charge in [0.2, 0.25) is 0 Å². The van der Waals surface area contributed by atoms with Crippen LogP contribution >= 0.6 is 27.5 Å². The van der Waals surface area contributed by atoms with Gasteiger partial charge in [-0.1, -0.05) is 27.5 Å². The molecule has 0 spiro atoms. The second kappa shape index (κ2) is 4.43. The predicted molar refractivity (Wildman–Crippen MR) is 69.9 cm³/mol. The highest BCUT2D eigenvalue weighted by Gasteiger charge is 2.19. The molecule has 2 rings (SSSR count). The minimum atomic E-state index is -1.11. The van der Waals surface area contributed by atoms with Crippen molar-refractivity contribution in [3.05, 3.63) is 45.7 Å². The van der Waals surface area contributed by atoms with Crippen LogP contribution in [0.3, 0.4) is 0 Å². The standard InChI is InChI=1S/C11H8BrClN2O2/c12-6-1-3-7(4-2-6)15-9(13)5-8(14)10(15)11(16)17/h1-5H,14H2,(H,16,17). The molecule has 2 aromatic rings. The normalized spacial score (nSPS) is 10.5. The van der Waals surface area contributed by atoms with Gasteiger partial charge in [0.25, 0.3) is 0 Å². The number of aromatic carboxylic acids is 1. The second-order valence-electron chi connectivity index (χ2n) is 3.39. The predicted octanol–water partition coefficient (Wildman–Crippen LogP) is 3.17. The topological polar surface area (TPSA) is 68.2 Å². The van der Waals surface area contributed by atoms with E-state index in [1.807, 2.05) is 0 Å². The lowest BCUT2D eigenvalue weighted by molar-refractivity contribution is 0.0689. The van der Waals surface area contributed by atoms with Crippen molar-refractivity contribution in [2.24, 2.45) is 0 Å². The van der Waals surface area contributed by atoms with Crippen LogP contribution < -0.4 is 5.73 Å². The summed E-state index contributed by atoms with van der Waals surface area (Å²) in [5.41, 5.74) is 6.37. The van der Waals surface area contributed by atoms with Crippen LogP contribution in [-0.4, -0.2) is 15.6 Å². The fourth-order valence-corrected chi connectivity index (χ4v) is 2.12. The van der Waals surface area contributed by atoms with Gasteiger partial charge < -0.3 is 10.8 Å². The molecular formula is C11H8BrClN2O2. The summed E-state index contributed by atoms with van der Waals surface area (Å²) in [6, 6.07) is 8.53. The summed E-state index contributed by atoms with van der Waals surface area (Å²) in [6.45, 7) is 0. The van der Waals surface area contributed by atoms with E-state index in [4.69, 9.17) is 22.4 Å². The molecule has 1 aromatic heterocycles. The number of anilines is 1. The number of hydrogen-bond donors (Lipinski definition) is 2. The van der Waals surface area contributed by atoms with Crippen molar-refractivity contribution in [1.82, 2.24) is 4.57 Å². The van der Waals surface area contributed by atoms with Crippen molar-refractivity contribution in [3.63, 3.8) is 0 Å². The van der Waals surface area contributed by atoms with Crippen LogP contribution in [0.4, 0.5) is 5.69 Å².